The molecule has 2 fully saturated rings. The second kappa shape index (κ2) is 8.86. The highest BCUT2D eigenvalue weighted by molar-refractivity contribution is 7.89. The number of nitrogens with zero attached hydrogens (tertiary/aromatic N) is 1. The summed E-state index contributed by atoms with van der Waals surface area (Å²) in [6.07, 6.45) is 1.81. The number of anilines is 1. The predicted octanol–water partition coefficient (Wildman–Crippen LogP) is 0.880. The van der Waals surface area contributed by atoms with Crippen LogP contribution in [-0.2, 0) is 24.4 Å². The van der Waals surface area contributed by atoms with Crippen molar-refractivity contribution < 1.29 is 27.9 Å². The van der Waals surface area contributed by atoms with E-state index in [1.807, 2.05) is 20.8 Å². The first-order valence-electron chi connectivity index (χ1n) is 10.5. The van der Waals surface area contributed by atoms with Crippen molar-refractivity contribution in [3.8, 4) is 5.75 Å². The molecular formula is C21H29ClN4O6S. The van der Waals surface area contributed by atoms with Crippen LogP contribution in [0.25, 0.3) is 0 Å². The van der Waals surface area contributed by atoms with E-state index < -0.39 is 55.8 Å². The van der Waals surface area contributed by atoms with Gasteiger partial charge in [0.25, 0.3) is 0 Å². The van der Waals surface area contributed by atoms with E-state index in [4.69, 9.17) is 11.6 Å². The van der Waals surface area contributed by atoms with Gasteiger partial charge in [-0.1, -0.05) is 32.4 Å². The molecule has 1 aromatic rings. The zero-order chi connectivity index (χ0) is 24.9. The first-order chi connectivity index (χ1) is 15.2. The lowest BCUT2D eigenvalue weighted by molar-refractivity contribution is -0.146. The van der Waals surface area contributed by atoms with Gasteiger partial charge < -0.3 is 15.7 Å². The number of aromatic hydroxyl groups is 1. The summed E-state index contributed by atoms with van der Waals surface area (Å²) < 4.78 is 26.0. The van der Waals surface area contributed by atoms with E-state index in [0.29, 0.717) is 0 Å². The average molecular weight is 501 g/mol. The van der Waals surface area contributed by atoms with Gasteiger partial charge in [-0.3, -0.25) is 19.7 Å². The summed E-state index contributed by atoms with van der Waals surface area (Å²) in [5.41, 5.74) is -0.634. The minimum Gasteiger partial charge on any atom is -0.504 e. The molecule has 0 aromatic heterocycles. The quantitative estimate of drug-likeness (QED) is 0.304. The lowest BCUT2D eigenvalue weighted by atomic mass is 9.79. The number of sulfonamides is 1. The van der Waals surface area contributed by atoms with E-state index >= 15 is 0 Å². The van der Waals surface area contributed by atoms with Crippen molar-refractivity contribution >= 4 is 44.8 Å². The maximum atomic E-state index is 12.8. The number of phenols is 1. The molecule has 182 valence electrons. The van der Waals surface area contributed by atoms with Crippen LogP contribution in [0.4, 0.5) is 5.69 Å². The molecule has 3 rings (SSSR count). The number of Topliss-reactive ketones (excluding diaryl/α,β-unsaturated/α-hetero) is 2. The molecule has 3 atom stereocenters. The Morgan fingerprint density at radius 3 is 2.24 bits per heavy atom. The Kier molecular flexibility index (Phi) is 6.82. The SMILES string of the molecule is CN(C)S(=O)(=O)c1c(Cl)ccc(NC2C(=O)C(=O)C2N[C@@H](C(=O)NC2CC2)C(C)(C)C)c1O. The van der Waals surface area contributed by atoms with Crippen LogP contribution in [0.5, 0.6) is 5.75 Å². The Morgan fingerprint density at radius 1 is 1.15 bits per heavy atom. The van der Waals surface area contributed by atoms with Crippen LogP contribution in [0.1, 0.15) is 33.6 Å². The summed E-state index contributed by atoms with van der Waals surface area (Å²) >= 11 is 6.02. The molecule has 0 saturated heterocycles. The maximum absolute atomic E-state index is 12.8. The summed E-state index contributed by atoms with van der Waals surface area (Å²) in [6.45, 7) is 5.52. The van der Waals surface area contributed by atoms with Crippen LogP contribution in [0.3, 0.4) is 0 Å². The Labute approximate surface area is 198 Å². The average Bonchev–Trinajstić information content (AvgIpc) is 3.51. The van der Waals surface area contributed by atoms with E-state index in [2.05, 4.69) is 16.0 Å². The molecule has 0 radical (unpaired) electrons. The van der Waals surface area contributed by atoms with Crippen molar-refractivity contribution in [1.82, 2.24) is 14.9 Å². The summed E-state index contributed by atoms with van der Waals surface area (Å²) in [7, 11) is -1.51. The van der Waals surface area contributed by atoms with Gasteiger partial charge in [-0.25, -0.2) is 12.7 Å². The fraction of sp³-hybridized carbons (Fsp3) is 0.571. The molecule has 2 saturated carbocycles. The second-order valence-corrected chi connectivity index (χ2v) is 12.1. The molecule has 4 N–H and O–H groups in total. The van der Waals surface area contributed by atoms with Crippen LogP contribution >= 0.6 is 11.6 Å². The summed E-state index contributed by atoms with van der Waals surface area (Å²) in [5.74, 6) is -2.37. The third kappa shape index (κ3) is 5.01. The predicted molar refractivity (Wildman–Crippen MR) is 123 cm³/mol. The van der Waals surface area contributed by atoms with Crippen LogP contribution in [0, 0.1) is 5.41 Å². The minimum atomic E-state index is -4.09. The Bertz CT molecular complexity index is 1090. The van der Waals surface area contributed by atoms with Gasteiger partial charge >= 0.3 is 0 Å². The standard InChI is InChI=1S/C21H29ClN4O6S/c1-21(2,3)19(20(30)23-10-6-7-10)25-14-13(16(28)17(14)29)24-12-9-8-11(22)18(15(12)27)33(31,32)26(4)5/h8-10,13-14,19,24-25,27H,6-7H2,1-5H3,(H,23,30)/t13?,14?,19-/m0/s1. The van der Waals surface area contributed by atoms with Gasteiger partial charge in [-0.05, 0) is 30.4 Å². The molecule has 0 aliphatic heterocycles. The van der Waals surface area contributed by atoms with Crippen molar-refractivity contribution in [1.29, 1.82) is 0 Å². The van der Waals surface area contributed by atoms with Gasteiger partial charge in [0.2, 0.25) is 27.5 Å². The number of amides is 1. The second-order valence-electron chi connectivity index (χ2n) is 9.64. The molecule has 1 amide bonds. The number of nitrogens with one attached hydrogen (secondary N) is 3. The first-order valence-corrected chi connectivity index (χ1v) is 12.3. The van der Waals surface area contributed by atoms with E-state index in [9.17, 15) is 27.9 Å². The van der Waals surface area contributed by atoms with Gasteiger partial charge in [0.1, 0.15) is 17.0 Å². The number of ketones is 2. The smallest absolute Gasteiger partial charge is 0.247 e. The highest BCUT2D eigenvalue weighted by Crippen LogP contribution is 2.39. The molecule has 0 heterocycles. The van der Waals surface area contributed by atoms with Gasteiger partial charge in [-0.15, -0.1) is 0 Å². The van der Waals surface area contributed by atoms with Crippen molar-refractivity contribution in [2.45, 2.75) is 62.7 Å². The van der Waals surface area contributed by atoms with Crippen molar-refractivity contribution in [2.75, 3.05) is 19.4 Å². The molecule has 0 bridgehead atoms. The number of benzene rings is 1. The molecule has 0 spiro atoms. The third-order valence-electron chi connectivity index (χ3n) is 5.67. The highest BCUT2D eigenvalue weighted by atomic mass is 35.5. The number of halogens is 1. The van der Waals surface area contributed by atoms with Crippen molar-refractivity contribution in [2.24, 2.45) is 5.41 Å². The van der Waals surface area contributed by atoms with E-state index in [0.717, 1.165) is 17.1 Å². The summed E-state index contributed by atoms with van der Waals surface area (Å²) in [6, 6.07) is -0.170. The van der Waals surface area contributed by atoms with Crippen molar-refractivity contribution in [3.63, 3.8) is 0 Å². The zero-order valence-electron chi connectivity index (χ0n) is 19.1. The van der Waals surface area contributed by atoms with Gasteiger partial charge in [-0.2, -0.15) is 0 Å². The Morgan fingerprint density at radius 2 is 1.73 bits per heavy atom. The fourth-order valence-corrected chi connectivity index (χ4v) is 4.98. The van der Waals surface area contributed by atoms with Crippen molar-refractivity contribution in [3.05, 3.63) is 17.2 Å². The summed E-state index contributed by atoms with van der Waals surface area (Å²) in [5, 5.41) is 19.1. The number of phenolic OH excluding ortho intramolecular Hbond substituents is 1. The summed E-state index contributed by atoms with van der Waals surface area (Å²) in [4.78, 5) is 37.0. The number of hydrogen-bond donors (Lipinski definition) is 4. The molecule has 2 aliphatic carbocycles. The topological polar surface area (TPSA) is 145 Å². The van der Waals surface area contributed by atoms with Gasteiger partial charge in [0.05, 0.1) is 16.8 Å². The van der Waals surface area contributed by atoms with Crippen LogP contribution < -0.4 is 16.0 Å². The largest absolute Gasteiger partial charge is 0.504 e. The molecule has 12 heteroatoms. The van der Waals surface area contributed by atoms with Crippen LogP contribution in [0.2, 0.25) is 5.02 Å². The molecule has 2 aliphatic rings. The lowest BCUT2D eigenvalue weighted by Gasteiger charge is -2.40. The fourth-order valence-electron chi connectivity index (χ4n) is 3.50. The lowest BCUT2D eigenvalue weighted by Crippen LogP contribution is -2.71. The van der Waals surface area contributed by atoms with Crippen LogP contribution in [0.15, 0.2) is 17.0 Å². The number of carbonyl (C=O) groups is 3. The molecule has 10 nitrogen and oxygen atoms in total. The zero-order valence-corrected chi connectivity index (χ0v) is 20.7. The molecular weight excluding hydrogens is 472 g/mol. The van der Waals surface area contributed by atoms with Gasteiger partial charge in [0.15, 0.2) is 5.75 Å². The molecule has 2 unspecified atom stereocenters. The van der Waals surface area contributed by atoms with E-state index in [1.165, 1.54) is 26.2 Å². The van der Waals surface area contributed by atoms with E-state index in [-0.39, 0.29) is 22.7 Å². The monoisotopic (exact) mass is 500 g/mol. The highest BCUT2D eigenvalue weighted by Gasteiger charge is 2.52. The molecule has 33 heavy (non-hydrogen) atoms. The van der Waals surface area contributed by atoms with Gasteiger partial charge in [0, 0.05) is 20.1 Å². The number of rotatable bonds is 8. The van der Waals surface area contributed by atoms with Crippen LogP contribution in [-0.4, -0.2) is 73.6 Å². The first kappa shape index (κ1) is 25.4. The Hall–Kier alpha value is -2.21. The Balaban J connectivity index is 1.87. The normalized spacial score (nSPS) is 22.2. The van der Waals surface area contributed by atoms with E-state index in [1.54, 1.807) is 0 Å². The number of hydrogen-bond acceptors (Lipinski definition) is 8. The molecule has 1 aromatic carbocycles. The third-order valence-corrected chi connectivity index (χ3v) is 7.99. The minimum absolute atomic E-state index is 0.0767. The maximum Gasteiger partial charge on any atom is 0.247 e. The number of carbonyl (C=O) groups excluding carboxylic acids is 3.